The second-order valence-corrected chi connectivity index (χ2v) is 6.33. The molecule has 1 aliphatic rings. The number of hydrogen-bond donors (Lipinski definition) is 3. The Morgan fingerprint density at radius 2 is 2.18 bits per heavy atom. The zero-order valence-corrected chi connectivity index (χ0v) is 10.3. The van der Waals surface area contributed by atoms with Gasteiger partial charge in [-0.15, -0.1) is 0 Å². The highest BCUT2D eigenvalue weighted by molar-refractivity contribution is 7.91. The normalized spacial score (nSPS) is 24.9. The van der Waals surface area contributed by atoms with E-state index in [1.165, 1.54) is 6.92 Å². The van der Waals surface area contributed by atoms with Crippen LogP contribution in [0.1, 0.15) is 13.3 Å². The second kappa shape index (κ2) is 5.46. The highest BCUT2D eigenvalue weighted by atomic mass is 32.2. The van der Waals surface area contributed by atoms with Crippen molar-refractivity contribution < 1.29 is 23.1 Å². The van der Waals surface area contributed by atoms with Crippen LogP contribution in [0.4, 0.5) is 0 Å². The minimum absolute atomic E-state index is 0.0309. The number of sulfone groups is 1. The second-order valence-electron chi connectivity index (χ2n) is 4.10. The topological polar surface area (TPSA) is 113 Å². The van der Waals surface area contributed by atoms with Gasteiger partial charge in [0.05, 0.1) is 11.5 Å². The van der Waals surface area contributed by atoms with Crippen molar-refractivity contribution in [3.63, 3.8) is 0 Å². The molecule has 0 aromatic rings. The minimum Gasteiger partial charge on any atom is -0.480 e. The summed E-state index contributed by atoms with van der Waals surface area (Å²) in [4.78, 5) is 21.9. The molecule has 1 amide bonds. The molecular formula is C9H16N2O5S. The van der Waals surface area contributed by atoms with Gasteiger partial charge in [0.15, 0.2) is 9.84 Å². The van der Waals surface area contributed by atoms with E-state index in [1.807, 2.05) is 0 Å². The molecule has 8 heteroatoms. The summed E-state index contributed by atoms with van der Waals surface area (Å²) in [5.74, 6) is -1.59. The molecular weight excluding hydrogens is 248 g/mol. The molecule has 0 aromatic heterocycles. The summed E-state index contributed by atoms with van der Waals surface area (Å²) in [5, 5.41) is 13.8. The highest BCUT2D eigenvalue weighted by Crippen LogP contribution is 2.05. The fourth-order valence-electron chi connectivity index (χ4n) is 1.58. The number of hydrogen-bond acceptors (Lipinski definition) is 5. The lowest BCUT2D eigenvalue weighted by molar-refractivity contribution is -0.141. The van der Waals surface area contributed by atoms with Crippen LogP contribution < -0.4 is 10.6 Å². The van der Waals surface area contributed by atoms with Crippen LogP contribution >= 0.6 is 0 Å². The number of carboxylic acid groups (broad SMARTS) is 1. The van der Waals surface area contributed by atoms with E-state index >= 15 is 0 Å². The van der Waals surface area contributed by atoms with Gasteiger partial charge in [-0.05, 0) is 6.92 Å². The zero-order valence-electron chi connectivity index (χ0n) is 9.47. The molecule has 2 atom stereocenters. The van der Waals surface area contributed by atoms with E-state index in [1.54, 1.807) is 0 Å². The van der Waals surface area contributed by atoms with Crippen LogP contribution in [0.3, 0.4) is 0 Å². The van der Waals surface area contributed by atoms with E-state index in [2.05, 4.69) is 10.6 Å². The zero-order chi connectivity index (χ0) is 13.1. The van der Waals surface area contributed by atoms with E-state index in [0.717, 1.165) is 0 Å². The van der Waals surface area contributed by atoms with Gasteiger partial charge in [0, 0.05) is 19.0 Å². The molecule has 0 radical (unpaired) electrons. The van der Waals surface area contributed by atoms with Crippen molar-refractivity contribution in [2.45, 2.75) is 25.4 Å². The van der Waals surface area contributed by atoms with Crippen LogP contribution in [0.15, 0.2) is 0 Å². The van der Waals surface area contributed by atoms with Gasteiger partial charge < -0.3 is 15.7 Å². The van der Waals surface area contributed by atoms with Crippen LogP contribution in [-0.2, 0) is 19.4 Å². The molecule has 1 saturated heterocycles. The summed E-state index contributed by atoms with van der Waals surface area (Å²) in [5.41, 5.74) is 0. The molecule has 1 aliphatic heterocycles. The monoisotopic (exact) mass is 264 g/mol. The summed E-state index contributed by atoms with van der Waals surface area (Å²) >= 11 is 0. The third-order valence-electron chi connectivity index (χ3n) is 2.48. The molecule has 0 saturated carbocycles. The fourth-order valence-corrected chi connectivity index (χ4v) is 3.03. The van der Waals surface area contributed by atoms with Gasteiger partial charge in [0.1, 0.15) is 6.04 Å². The van der Waals surface area contributed by atoms with Gasteiger partial charge in [-0.1, -0.05) is 0 Å². The van der Waals surface area contributed by atoms with Crippen LogP contribution in [0.25, 0.3) is 0 Å². The quantitative estimate of drug-likeness (QED) is 0.561. The number of aliphatic carboxylic acids is 1. The molecule has 1 fully saturated rings. The SMILES string of the molecule is C[C@@H](NC(=O)CC1CS(=O)(=O)CCN1)C(=O)O. The van der Waals surface area contributed by atoms with Gasteiger partial charge in [-0.2, -0.15) is 0 Å². The average molecular weight is 264 g/mol. The van der Waals surface area contributed by atoms with Crippen molar-refractivity contribution in [1.29, 1.82) is 0 Å². The van der Waals surface area contributed by atoms with Gasteiger partial charge >= 0.3 is 5.97 Å². The van der Waals surface area contributed by atoms with Crippen LogP contribution in [0, 0.1) is 0 Å². The fraction of sp³-hybridized carbons (Fsp3) is 0.778. The maximum absolute atomic E-state index is 11.4. The smallest absolute Gasteiger partial charge is 0.325 e. The van der Waals surface area contributed by atoms with Gasteiger partial charge in [0.25, 0.3) is 0 Å². The first kappa shape index (κ1) is 13.9. The summed E-state index contributed by atoms with van der Waals surface area (Å²) in [7, 11) is -3.08. The summed E-state index contributed by atoms with van der Waals surface area (Å²) in [6.45, 7) is 1.68. The minimum atomic E-state index is -3.08. The van der Waals surface area contributed by atoms with Crippen LogP contribution in [-0.4, -0.2) is 55.5 Å². The molecule has 17 heavy (non-hydrogen) atoms. The lowest BCUT2D eigenvalue weighted by atomic mass is 10.2. The number of carbonyl (C=O) groups excluding carboxylic acids is 1. The molecule has 0 aliphatic carbocycles. The largest absolute Gasteiger partial charge is 0.480 e. The molecule has 0 bridgehead atoms. The average Bonchev–Trinajstić information content (AvgIpc) is 2.15. The first-order valence-electron chi connectivity index (χ1n) is 5.26. The van der Waals surface area contributed by atoms with E-state index in [0.29, 0.717) is 6.54 Å². The van der Waals surface area contributed by atoms with E-state index in [9.17, 15) is 18.0 Å². The Hall–Kier alpha value is -1.15. The van der Waals surface area contributed by atoms with Crippen molar-refractivity contribution >= 4 is 21.7 Å². The molecule has 7 nitrogen and oxygen atoms in total. The van der Waals surface area contributed by atoms with Crippen LogP contribution in [0.5, 0.6) is 0 Å². The van der Waals surface area contributed by atoms with Crippen molar-refractivity contribution in [2.75, 3.05) is 18.1 Å². The third kappa shape index (κ3) is 4.70. The molecule has 0 aromatic carbocycles. The molecule has 1 rings (SSSR count). The van der Waals surface area contributed by atoms with E-state index < -0.39 is 33.8 Å². The van der Waals surface area contributed by atoms with Crippen molar-refractivity contribution in [1.82, 2.24) is 10.6 Å². The number of carboxylic acids is 1. The van der Waals surface area contributed by atoms with E-state index in [4.69, 9.17) is 5.11 Å². The molecule has 0 spiro atoms. The number of rotatable bonds is 4. The first-order chi connectivity index (χ1) is 7.80. The lowest BCUT2D eigenvalue weighted by Crippen LogP contribution is -2.48. The Kier molecular flexibility index (Phi) is 4.47. The standard InChI is InChI=1S/C9H16N2O5S/c1-6(9(13)14)11-8(12)4-7-5-17(15,16)3-2-10-7/h6-7,10H,2-5H2,1H3,(H,11,12)(H,13,14)/t6-,7?/m1/s1. The number of amides is 1. The molecule has 1 unspecified atom stereocenters. The maximum atomic E-state index is 11.4. The first-order valence-corrected chi connectivity index (χ1v) is 7.08. The third-order valence-corrected chi connectivity index (χ3v) is 4.22. The molecule has 3 N–H and O–H groups in total. The molecule has 98 valence electrons. The van der Waals surface area contributed by atoms with Crippen molar-refractivity contribution in [2.24, 2.45) is 0 Å². The predicted molar refractivity (Wildman–Crippen MR) is 60.3 cm³/mol. The van der Waals surface area contributed by atoms with Crippen molar-refractivity contribution in [3.05, 3.63) is 0 Å². The number of nitrogens with one attached hydrogen (secondary N) is 2. The Labute approximate surface area is 99.5 Å². The Morgan fingerprint density at radius 1 is 1.53 bits per heavy atom. The van der Waals surface area contributed by atoms with Gasteiger partial charge in [0.2, 0.25) is 5.91 Å². The Balaban J connectivity index is 2.44. The summed E-state index contributed by atoms with van der Waals surface area (Å²) < 4.78 is 22.6. The highest BCUT2D eigenvalue weighted by Gasteiger charge is 2.26. The summed E-state index contributed by atoms with van der Waals surface area (Å²) in [6.07, 6.45) is -0.0309. The summed E-state index contributed by atoms with van der Waals surface area (Å²) in [6, 6.07) is -1.41. The van der Waals surface area contributed by atoms with Crippen molar-refractivity contribution in [3.8, 4) is 0 Å². The van der Waals surface area contributed by atoms with Gasteiger partial charge in [-0.3, -0.25) is 9.59 Å². The maximum Gasteiger partial charge on any atom is 0.325 e. The Bertz CT molecular complexity index is 406. The Morgan fingerprint density at radius 3 is 2.71 bits per heavy atom. The molecule has 1 heterocycles. The lowest BCUT2D eigenvalue weighted by Gasteiger charge is -2.23. The number of carbonyl (C=O) groups is 2. The van der Waals surface area contributed by atoms with Crippen LogP contribution in [0.2, 0.25) is 0 Å². The van der Waals surface area contributed by atoms with E-state index in [-0.39, 0.29) is 17.9 Å². The predicted octanol–water partition coefficient (Wildman–Crippen LogP) is -1.65. The van der Waals surface area contributed by atoms with Gasteiger partial charge in [-0.25, -0.2) is 8.42 Å².